The molecule has 1 aromatic heterocycles. The molecule has 0 amide bonds. The van der Waals surface area contributed by atoms with Gasteiger partial charge in [-0.1, -0.05) is 20.8 Å². The smallest absolute Gasteiger partial charge is 0.146 e. The maximum atomic E-state index is 14.0. The zero-order valence-corrected chi connectivity index (χ0v) is 12.4. The standard InChI is InChI=1S/C15H25FN2O/c1-5-9-18-14(15(6-2,7-3)19-4)12-8-10-17-11-13(12)16/h8,10-11,14,18H,5-7,9H2,1-4H3. The monoisotopic (exact) mass is 268 g/mol. The minimum absolute atomic E-state index is 0.157. The molecule has 0 bridgehead atoms. The Morgan fingerprint density at radius 1 is 1.37 bits per heavy atom. The molecule has 1 unspecified atom stereocenters. The summed E-state index contributed by atoms with van der Waals surface area (Å²) in [6.07, 6.45) is 5.54. The Morgan fingerprint density at radius 3 is 2.53 bits per heavy atom. The maximum absolute atomic E-state index is 14.0. The number of aromatic nitrogens is 1. The fraction of sp³-hybridized carbons (Fsp3) is 0.667. The minimum Gasteiger partial charge on any atom is -0.376 e. The van der Waals surface area contributed by atoms with Crippen molar-refractivity contribution in [1.29, 1.82) is 0 Å². The SMILES string of the molecule is CCCNC(c1ccncc1F)C(CC)(CC)OC. The first-order valence-electron chi connectivity index (χ1n) is 7.03. The molecule has 3 nitrogen and oxygen atoms in total. The third-order valence-electron chi connectivity index (χ3n) is 3.84. The van der Waals surface area contributed by atoms with Crippen LogP contribution in [0.3, 0.4) is 0 Å². The predicted molar refractivity (Wildman–Crippen MR) is 75.6 cm³/mol. The average molecular weight is 268 g/mol. The summed E-state index contributed by atoms with van der Waals surface area (Å²) in [5.41, 5.74) is 0.242. The summed E-state index contributed by atoms with van der Waals surface area (Å²) >= 11 is 0. The van der Waals surface area contributed by atoms with Gasteiger partial charge in [-0.25, -0.2) is 4.39 Å². The molecule has 1 heterocycles. The molecule has 108 valence electrons. The van der Waals surface area contributed by atoms with E-state index in [4.69, 9.17) is 4.74 Å². The summed E-state index contributed by atoms with van der Waals surface area (Å²) in [5.74, 6) is -0.278. The van der Waals surface area contributed by atoms with E-state index in [9.17, 15) is 4.39 Å². The van der Waals surface area contributed by atoms with E-state index in [2.05, 4.69) is 31.1 Å². The topological polar surface area (TPSA) is 34.2 Å². The van der Waals surface area contributed by atoms with Crippen LogP contribution >= 0.6 is 0 Å². The lowest BCUT2D eigenvalue weighted by Crippen LogP contribution is -2.45. The fourth-order valence-electron chi connectivity index (χ4n) is 2.55. The summed E-state index contributed by atoms with van der Waals surface area (Å²) in [5, 5.41) is 3.43. The molecule has 0 spiro atoms. The number of nitrogens with zero attached hydrogens (tertiary/aromatic N) is 1. The Balaban J connectivity index is 3.17. The number of hydrogen-bond acceptors (Lipinski definition) is 3. The lowest BCUT2D eigenvalue weighted by Gasteiger charge is -2.39. The van der Waals surface area contributed by atoms with Crippen LogP contribution < -0.4 is 5.32 Å². The molecule has 0 aliphatic carbocycles. The van der Waals surface area contributed by atoms with Crippen molar-refractivity contribution < 1.29 is 9.13 Å². The molecule has 0 saturated heterocycles. The van der Waals surface area contributed by atoms with Crippen molar-refractivity contribution in [2.24, 2.45) is 0 Å². The van der Waals surface area contributed by atoms with Gasteiger partial charge < -0.3 is 10.1 Å². The Labute approximate surface area is 115 Å². The quantitative estimate of drug-likeness (QED) is 0.784. The van der Waals surface area contributed by atoms with Crippen molar-refractivity contribution >= 4 is 0 Å². The molecule has 0 aliphatic heterocycles. The fourth-order valence-corrected chi connectivity index (χ4v) is 2.55. The van der Waals surface area contributed by atoms with Gasteiger partial charge in [-0.05, 0) is 31.9 Å². The Bertz CT molecular complexity index is 372. The van der Waals surface area contributed by atoms with Gasteiger partial charge >= 0.3 is 0 Å². The van der Waals surface area contributed by atoms with Crippen LogP contribution in [0.15, 0.2) is 18.5 Å². The van der Waals surface area contributed by atoms with Crippen LogP contribution in [0.2, 0.25) is 0 Å². The van der Waals surface area contributed by atoms with Crippen LogP contribution in [0.1, 0.15) is 51.6 Å². The van der Waals surface area contributed by atoms with Gasteiger partial charge in [0.05, 0.1) is 17.8 Å². The highest BCUT2D eigenvalue weighted by Gasteiger charge is 2.37. The van der Waals surface area contributed by atoms with E-state index in [0.29, 0.717) is 5.56 Å². The number of methoxy groups -OCH3 is 1. The summed E-state index contributed by atoms with van der Waals surface area (Å²) in [6, 6.07) is 1.58. The third kappa shape index (κ3) is 3.51. The highest BCUT2D eigenvalue weighted by Crippen LogP contribution is 2.35. The van der Waals surface area contributed by atoms with Gasteiger partial charge in [0, 0.05) is 18.9 Å². The van der Waals surface area contributed by atoms with E-state index >= 15 is 0 Å². The van der Waals surface area contributed by atoms with E-state index in [1.807, 2.05) is 0 Å². The molecule has 0 aromatic carbocycles. The first-order valence-corrected chi connectivity index (χ1v) is 7.03. The molecule has 0 radical (unpaired) electrons. The lowest BCUT2D eigenvalue weighted by atomic mass is 9.83. The van der Waals surface area contributed by atoms with Crippen LogP contribution in [0.5, 0.6) is 0 Å². The van der Waals surface area contributed by atoms with Gasteiger partial charge in [0.25, 0.3) is 0 Å². The molecule has 1 N–H and O–H groups in total. The minimum atomic E-state index is -0.392. The summed E-state index contributed by atoms with van der Waals surface area (Å²) < 4.78 is 19.8. The Morgan fingerprint density at radius 2 is 2.05 bits per heavy atom. The number of nitrogens with one attached hydrogen (secondary N) is 1. The van der Waals surface area contributed by atoms with Crippen molar-refractivity contribution in [2.75, 3.05) is 13.7 Å². The molecule has 1 rings (SSSR count). The summed E-state index contributed by atoms with van der Waals surface area (Å²) in [7, 11) is 1.70. The first-order chi connectivity index (χ1) is 9.15. The number of halogens is 1. The number of pyridine rings is 1. The molecular weight excluding hydrogens is 243 g/mol. The molecule has 1 atom stereocenters. The van der Waals surface area contributed by atoms with E-state index in [-0.39, 0.29) is 11.9 Å². The molecule has 0 saturated carbocycles. The normalized spacial score (nSPS) is 13.5. The molecule has 0 aliphatic rings. The first kappa shape index (κ1) is 16.1. The van der Waals surface area contributed by atoms with Crippen molar-refractivity contribution in [3.05, 3.63) is 29.8 Å². The highest BCUT2D eigenvalue weighted by atomic mass is 19.1. The van der Waals surface area contributed by atoms with E-state index in [0.717, 1.165) is 25.8 Å². The van der Waals surface area contributed by atoms with Crippen LogP contribution in [-0.4, -0.2) is 24.2 Å². The van der Waals surface area contributed by atoms with Crippen LogP contribution in [0.25, 0.3) is 0 Å². The van der Waals surface area contributed by atoms with Crippen LogP contribution in [0, 0.1) is 5.82 Å². The molecule has 1 aromatic rings. The zero-order valence-electron chi connectivity index (χ0n) is 12.4. The van der Waals surface area contributed by atoms with Crippen molar-refractivity contribution in [3.63, 3.8) is 0 Å². The molecule has 19 heavy (non-hydrogen) atoms. The largest absolute Gasteiger partial charge is 0.376 e. The van der Waals surface area contributed by atoms with Crippen molar-refractivity contribution in [1.82, 2.24) is 10.3 Å². The third-order valence-corrected chi connectivity index (χ3v) is 3.84. The van der Waals surface area contributed by atoms with Gasteiger partial charge in [0.1, 0.15) is 5.82 Å². The number of ether oxygens (including phenoxy) is 1. The van der Waals surface area contributed by atoms with Crippen LogP contribution in [-0.2, 0) is 4.74 Å². The van der Waals surface area contributed by atoms with Gasteiger partial charge in [0.2, 0.25) is 0 Å². The second kappa shape index (κ2) is 7.56. The average Bonchev–Trinajstić information content (AvgIpc) is 2.45. The molecular formula is C15H25FN2O. The zero-order chi connectivity index (χ0) is 14.3. The second-order valence-corrected chi connectivity index (χ2v) is 4.76. The van der Waals surface area contributed by atoms with Crippen molar-refractivity contribution in [3.8, 4) is 0 Å². The van der Waals surface area contributed by atoms with Gasteiger partial charge in [-0.3, -0.25) is 4.98 Å². The summed E-state index contributed by atoms with van der Waals surface area (Å²) in [4.78, 5) is 3.82. The molecule has 0 fully saturated rings. The molecule has 4 heteroatoms. The number of hydrogen-bond donors (Lipinski definition) is 1. The van der Waals surface area contributed by atoms with E-state index in [1.54, 1.807) is 19.4 Å². The van der Waals surface area contributed by atoms with Crippen LogP contribution in [0.4, 0.5) is 4.39 Å². The van der Waals surface area contributed by atoms with Gasteiger partial charge in [-0.15, -0.1) is 0 Å². The van der Waals surface area contributed by atoms with E-state index < -0.39 is 5.60 Å². The van der Waals surface area contributed by atoms with E-state index in [1.165, 1.54) is 6.20 Å². The number of rotatable bonds is 8. The summed E-state index contributed by atoms with van der Waals surface area (Å²) in [6.45, 7) is 7.08. The highest BCUT2D eigenvalue weighted by molar-refractivity contribution is 5.21. The van der Waals surface area contributed by atoms with Gasteiger partial charge in [0.15, 0.2) is 0 Å². The Kier molecular flexibility index (Phi) is 6.38. The maximum Gasteiger partial charge on any atom is 0.146 e. The Hall–Kier alpha value is -1.00. The van der Waals surface area contributed by atoms with Crippen molar-refractivity contribution in [2.45, 2.75) is 51.7 Å². The second-order valence-electron chi connectivity index (χ2n) is 4.76. The lowest BCUT2D eigenvalue weighted by molar-refractivity contribution is -0.0493. The van der Waals surface area contributed by atoms with Gasteiger partial charge in [-0.2, -0.15) is 0 Å². The predicted octanol–water partition coefficient (Wildman–Crippen LogP) is 3.47.